The van der Waals surface area contributed by atoms with E-state index < -0.39 is 8.32 Å². The predicted molar refractivity (Wildman–Crippen MR) is 102 cm³/mol. The third-order valence-electron chi connectivity index (χ3n) is 5.06. The molecule has 1 fully saturated rings. The van der Waals surface area contributed by atoms with E-state index in [1.54, 1.807) is 6.20 Å². The maximum absolute atomic E-state index is 9.25. The minimum atomic E-state index is -1.73. The molecule has 2 rings (SSSR count). The monoisotopic (exact) mass is 364 g/mol. The molecule has 132 valence electrons. The van der Waals surface area contributed by atoms with Gasteiger partial charge in [-0.25, -0.2) is 9.97 Å². The maximum Gasteiger partial charge on any atom is 0.192 e. The summed E-state index contributed by atoms with van der Waals surface area (Å²) in [4.78, 5) is 8.61. The molecule has 0 radical (unpaired) electrons. The zero-order chi connectivity index (χ0) is 18.0. The van der Waals surface area contributed by atoms with Crippen molar-refractivity contribution < 1.29 is 4.43 Å². The van der Waals surface area contributed by atoms with Crippen LogP contribution in [0.5, 0.6) is 0 Å². The molecule has 0 bridgehead atoms. The van der Waals surface area contributed by atoms with Gasteiger partial charge in [0.25, 0.3) is 0 Å². The Morgan fingerprint density at radius 2 is 2.08 bits per heavy atom. The van der Waals surface area contributed by atoms with Gasteiger partial charge in [-0.2, -0.15) is 5.26 Å². The van der Waals surface area contributed by atoms with Gasteiger partial charge in [-0.15, -0.1) is 0 Å². The van der Waals surface area contributed by atoms with Gasteiger partial charge in [0.05, 0.1) is 6.20 Å². The molecule has 0 aliphatic heterocycles. The van der Waals surface area contributed by atoms with Crippen molar-refractivity contribution in [3.8, 4) is 6.07 Å². The summed E-state index contributed by atoms with van der Waals surface area (Å²) < 4.78 is 6.53. The number of nitriles is 1. The largest absolute Gasteiger partial charge is 0.414 e. The molecule has 2 unspecified atom stereocenters. The first-order valence-corrected chi connectivity index (χ1v) is 12.5. The quantitative estimate of drug-likeness (QED) is 0.473. The van der Waals surface area contributed by atoms with Crippen LogP contribution in [0.2, 0.25) is 18.1 Å². The van der Waals surface area contributed by atoms with Crippen LogP contribution in [0.25, 0.3) is 0 Å². The number of hydrogen-bond acceptors (Lipinski definition) is 6. The molecule has 7 heteroatoms. The number of thioether (sulfide) groups is 1. The summed E-state index contributed by atoms with van der Waals surface area (Å²) >= 11 is 1.48. The standard InChI is InChI=1S/C17H28N4OSSi/c1-17(2,3)24(5,6)22-14-8-7-13(9-14)20-15-12(10-18)11-19-16(21-15)23-4/h11,13-14H,7-9H2,1-6H3,(H,19,20,21). The van der Waals surface area contributed by atoms with Crippen molar-refractivity contribution in [3.63, 3.8) is 0 Å². The second-order valence-electron chi connectivity index (χ2n) is 7.89. The Kier molecular flexibility index (Phi) is 5.94. The van der Waals surface area contributed by atoms with Crippen molar-refractivity contribution in [2.75, 3.05) is 11.6 Å². The molecule has 1 heterocycles. The lowest BCUT2D eigenvalue weighted by atomic mass is 10.2. The zero-order valence-corrected chi connectivity index (χ0v) is 17.3. The Hall–Kier alpha value is -1.10. The molecular formula is C17H28N4OSSi. The first kappa shape index (κ1) is 19.2. The topological polar surface area (TPSA) is 70.8 Å². The lowest BCUT2D eigenvalue weighted by Crippen LogP contribution is -2.43. The molecule has 0 amide bonds. The van der Waals surface area contributed by atoms with Crippen molar-refractivity contribution in [3.05, 3.63) is 11.8 Å². The van der Waals surface area contributed by atoms with Crippen LogP contribution in [0, 0.1) is 11.3 Å². The van der Waals surface area contributed by atoms with Crippen LogP contribution in [0.4, 0.5) is 5.82 Å². The van der Waals surface area contributed by atoms with E-state index in [-0.39, 0.29) is 5.04 Å². The second kappa shape index (κ2) is 7.42. The van der Waals surface area contributed by atoms with E-state index in [9.17, 15) is 5.26 Å². The summed E-state index contributed by atoms with van der Waals surface area (Å²) in [7, 11) is -1.73. The fourth-order valence-electron chi connectivity index (χ4n) is 2.62. The van der Waals surface area contributed by atoms with E-state index in [0.717, 1.165) is 19.3 Å². The summed E-state index contributed by atoms with van der Waals surface area (Å²) in [6.07, 6.45) is 6.91. The summed E-state index contributed by atoms with van der Waals surface area (Å²) in [6.45, 7) is 11.4. The lowest BCUT2D eigenvalue weighted by Gasteiger charge is -2.38. The number of nitrogens with one attached hydrogen (secondary N) is 1. The highest BCUT2D eigenvalue weighted by Crippen LogP contribution is 2.39. The van der Waals surface area contributed by atoms with Gasteiger partial charge in [-0.3, -0.25) is 0 Å². The van der Waals surface area contributed by atoms with Gasteiger partial charge in [0, 0.05) is 12.1 Å². The average molecular weight is 365 g/mol. The molecule has 5 nitrogen and oxygen atoms in total. The molecule has 2 atom stereocenters. The third kappa shape index (κ3) is 4.50. The van der Waals surface area contributed by atoms with Gasteiger partial charge in [-0.1, -0.05) is 32.5 Å². The van der Waals surface area contributed by atoms with E-state index in [0.29, 0.717) is 28.7 Å². The normalized spacial score (nSPS) is 21.5. The molecule has 1 aliphatic carbocycles. The fourth-order valence-corrected chi connectivity index (χ4v) is 4.36. The summed E-state index contributed by atoms with van der Waals surface area (Å²) in [5, 5.41) is 13.6. The van der Waals surface area contributed by atoms with Crippen LogP contribution in [-0.4, -0.2) is 36.7 Å². The van der Waals surface area contributed by atoms with Crippen LogP contribution in [-0.2, 0) is 4.43 Å². The zero-order valence-electron chi connectivity index (χ0n) is 15.5. The van der Waals surface area contributed by atoms with Crippen LogP contribution in [0.3, 0.4) is 0 Å². The second-order valence-corrected chi connectivity index (χ2v) is 13.4. The molecule has 1 aromatic heterocycles. The average Bonchev–Trinajstić information content (AvgIpc) is 2.92. The van der Waals surface area contributed by atoms with Crippen molar-refractivity contribution in [2.24, 2.45) is 0 Å². The summed E-state index contributed by atoms with van der Waals surface area (Å²) in [6, 6.07) is 2.47. The Bertz CT molecular complexity index is 624. The maximum atomic E-state index is 9.25. The van der Waals surface area contributed by atoms with Gasteiger partial charge in [0.1, 0.15) is 17.5 Å². The SMILES string of the molecule is CSc1ncc(C#N)c(NC2CCC(O[Si](C)(C)C(C)(C)C)C2)n1. The van der Waals surface area contributed by atoms with Gasteiger partial charge < -0.3 is 9.74 Å². The van der Waals surface area contributed by atoms with Crippen LogP contribution < -0.4 is 5.32 Å². The number of nitrogens with zero attached hydrogens (tertiary/aromatic N) is 3. The number of rotatable bonds is 5. The van der Waals surface area contributed by atoms with Crippen molar-refractivity contribution >= 4 is 25.9 Å². The Morgan fingerprint density at radius 1 is 1.38 bits per heavy atom. The molecule has 1 saturated carbocycles. The molecular weight excluding hydrogens is 336 g/mol. The van der Waals surface area contributed by atoms with Crippen molar-refractivity contribution in [1.29, 1.82) is 5.26 Å². The number of hydrogen-bond donors (Lipinski definition) is 1. The highest BCUT2D eigenvalue weighted by atomic mass is 32.2. The molecule has 0 spiro atoms. The number of anilines is 1. The van der Waals surface area contributed by atoms with Gasteiger partial charge >= 0.3 is 0 Å². The Labute approximate surface area is 150 Å². The molecule has 0 aromatic carbocycles. The smallest absolute Gasteiger partial charge is 0.192 e. The lowest BCUT2D eigenvalue weighted by molar-refractivity contribution is 0.187. The van der Waals surface area contributed by atoms with Gasteiger partial charge in [0.15, 0.2) is 13.5 Å². The van der Waals surface area contributed by atoms with Crippen molar-refractivity contribution in [1.82, 2.24) is 9.97 Å². The van der Waals surface area contributed by atoms with Gasteiger partial charge in [-0.05, 0) is 43.7 Å². The fraction of sp³-hybridized carbons (Fsp3) is 0.706. The van der Waals surface area contributed by atoms with E-state index in [2.05, 4.69) is 55.2 Å². The highest BCUT2D eigenvalue weighted by Gasteiger charge is 2.40. The minimum Gasteiger partial charge on any atom is -0.414 e. The molecule has 24 heavy (non-hydrogen) atoms. The molecule has 1 aromatic rings. The van der Waals surface area contributed by atoms with Gasteiger partial charge in [0.2, 0.25) is 0 Å². The molecule has 1 N–H and O–H groups in total. The van der Waals surface area contributed by atoms with Crippen LogP contribution in [0.15, 0.2) is 11.4 Å². The van der Waals surface area contributed by atoms with Crippen LogP contribution >= 0.6 is 11.8 Å². The van der Waals surface area contributed by atoms with Crippen LogP contribution in [0.1, 0.15) is 45.6 Å². The number of aromatic nitrogens is 2. The Morgan fingerprint density at radius 3 is 2.67 bits per heavy atom. The Balaban J connectivity index is 2.01. The van der Waals surface area contributed by atoms with E-state index in [1.807, 2.05) is 6.26 Å². The van der Waals surface area contributed by atoms with Crippen molar-refractivity contribution in [2.45, 2.75) is 75.5 Å². The summed E-state index contributed by atoms with van der Waals surface area (Å²) in [5.74, 6) is 0.648. The first-order valence-electron chi connectivity index (χ1n) is 8.42. The highest BCUT2D eigenvalue weighted by molar-refractivity contribution is 7.98. The van der Waals surface area contributed by atoms with E-state index in [1.165, 1.54) is 11.8 Å². The molecule has 0 saturated heterocycles. The summed E-state index contributed by atoms with van der Waals surface area (Å²) in [5.41, 5.74) is 0.501. The third-order valence-corrected chi connectivity index (χ3v) is 10.2. The first-order chi connectivity index (χ1) is 11.2. The van der Waals surface area contributed by atoms with E-state index in [4.69, 9.17) is 4.43 Å². The minimum absolute atomic E-state index is 0.229. The molecule has 1 aliphatic rings. The predicted octanol–water partition coefficient (Wildman–Crippen LogP) is 4.42. The van der Waals surface area contributed by atoms with E-state index >= 15 is 0 Å².